The number of rotatable bonds is 26. The molecule has 3 heterocycles. The van der Waals surface area contributed by atoms with Crippen LogP contribution in [0.2, 0.25) is 0 Å². The second-order valence-electron chi connectivity index (χ2n) is 27.5. The Morgan fingerprint density at radius 3 is 1.24 bits per heavy atom. The van der Waals surface area contributed by atoms with Gasteiger partial charge >= 0.3 is 0 Å². The second kappa shape index (κ2) is 40.2. The number of carbonyl (C=O) groups is 1. The predicted octanol–water partition coefficient (Wildman–Crippen LogP) is 12.1. The van der Waals surface area contributed by atoms with Crippen molar-refractivity contribution in [3.05, 3.63) is 149 Å². The third kappa shape index (κ3) is 26.6. The lowest BCUT2D eigenvalue weighted by atomic mass is 10.0. The molecule has 3 saturated heterocycles. The maximum Gasteiger partial charge on any atom is 0.243 e. The average molecular weight is 1470 g/mol. The Morgan fingerprint density at radius 1 is 0.485 bits per heavy atom. The molecule has 1 amide bonds. The third-order valence-corrected chi connectivity index (χ3v) is 26.4. The van der Waals surface area contributed by atoms with Gasteiger partial charge in [0.05, 0.1) is 37.7 Å². The van der Waals surface area contributed by atoms with Crippen molar-refractivity contribution in [2.24, 2.45) is 11.7 Å². The number of piperazine rings is 1. The maximum atomic E-state index is 12.7. The monoisotopic (exact) mass is 1470 g/mol. The number of benzene rings is 5. The summed E-state index contributed by atoms with van der Waals surface area (Å²) in [4.78, 5) is 17.6. The van der Waals surface area contributed by atoms with Gasteiger partial charge in [-0.05, 0) is 183 Å². The number of sulfonamides is 5. The first-order valence-electron chi connectivity index (χ1n) is 34.9. The molecule has 5 aromatic rings. The number of amides is 1. The van der Waals surface area contributed by atoms with Gasteiger partial charge in [-0.1, -0.05) is 151 Å². The van der Waals surface area contributed by atoms with E-state index in [9.17, 15) is 46.9 Å². The molecule has 1 saturated carbocycles. The van der Waals surface area contributed by atoms with Crippen molar-refractivity contribution in [2.75, 3.05) is 91.8 Å². The van der Waals surface area contributed by atoms with Gasteiger partial charge in [0, 0.05) is 78.0 Å². The lowest BCUT2D eigenvalue weighted by Crippen LogP contribution is -2.48. The number of ether oxygens (including phenoxy) is 1. The fourth-order valence-electron chi connectivity index (χ4n) is 11.2. The Labute approximate surface area is 597 Å². The van der Waals surface area contributed by atoms with E-state index in [1.165, 1.54) is 28.3 Å². The van der Waals surface area contributed by atoms with Gasteiger partial charge in [0.25, 0.3) is 0 Å². The zero-order valence-electron chi connectivity index (χ0n) is 60.6. The minimum atomic E-state index is -3.64. The summed E-state index contributed by atoms with van der Waals surface area (Å²) in [6.45, 7) is 38.5. The number of carbonyl (C=O) groups excluding carboxylic acids is 1. The molecule has 1 unspecified atom stereocenters. The van der Waals surface area contributed by atoms with Crippen LogP contribution in [0.15, 0.2) is 146 Å². The normalized spacial score (nSPS) is 16.9. The van der Waals surface area contributed by atoms with Gasteiger partial charge < -0.3 is 15.4 Å². The molecule has 0 aromatic heterocycles. The molecule has 0 bridgehead atoms. The molecule has 20 nitrogen and oxygen atoms in total. The first-order valence-corrected chi connectivity index (χ1v) is 42.2. The van der Waals surface area contributed by atoms with Crippen LogP contribution in [0, 0.1) is 5.92 Å². The quantitative estimate of drug-likeness (QED) is 0.0465. The van der Waals surface area contributed by atoms with Crippen LogP contribution < -0.4 is 15.2 Å². The van der Waals surface area contributed by atoms with Crippen molar-refractivity contribution >= 4 is 56.0 Å². The molecule has 1 aliphatic carbocycles. The SMILES string of the molecule is C.CC(C)NS(=O)(=O)c1ccc(C(C)C)cc1.CC(C)c1ccc(S(=O)(=O)N2CCCC2C(N)=O)cc1.CC(C)c1ccc(S(=O)(=O)NCCN2CCOCC2)cc1.CCCN(CC1CC1)S(=O)(=O)c1ccc(C(C)C)cc1.CCCN1CCN(S(=O)(=O)c2ccc(C(C)C)cc2)CC1. The summed E-state index contributed by atoms with van der Waals surface area (Å²) in [7, 11) is -17.1. The van der Waals surface area contributed by atoms with E-state index >= 15 is 0 Å². The van der Waals surface area contributed by atoms with Gasteiger partial charge in [0.15, 0.2) is 0 Å². The van der Waals surface area contributed by atoms with Gasteiger partial charge in [-0.25, -0.2) is 51.5 Å². The number of morpholine rings is 1. The largest absolute Gasteiger partial charge is 0.379 e. The minimum Gasteiger partial charge on any atom is -0.379 e. The summed E-state index contributed by atoms with van der Waals surface area (Å²) in [5.74, 6) is 1.99. The summed E-state index contributed by atoms with van der Waals surface area (Å²) in [6, 6.07) is 34.8. The van der Waals surface area contributed by atoms with Crippen molar-refractivity contribution in [1.29, 1.82) is 0 Å². The first-order chi connectivity index (χ1) is 46.0. The topological polar surface area (TPSA) is 263 Å². The number of hydrogen-bond donors (Lipinski definition) is 3. The van der Waals surface area contributed by atoms with E-state index in [0.29, 0.717) is 114 Å². The van der Waals surface area contributed by atoms with Gasteiger partial charge in [0.2, 0.25) is 56.0 Å². The Balaban J connectivity index is 0.000000263. The Bertz CT molecular complexity index is 3800. The van der Waals surface area contributed by atoms with Crippen LogP contribution in [0.3, 0.4) is 0 Å². The summed E-state index contributed by atoms with van der Waals surface area (Å²) < 4.78 is 139. The van der Waals surface area contributed by atoms with Gasteiger partial charge in [-0.15, -0.1) is 0 Å². The molecule has 25 heteroatoms. The lowest BCUT2D eigenvalue weighted by molar-refractivity contribution is -0.121. The number of primary amides is 1. The molecule has 9 rings (SSSR count). The van der Waals surface area contributed by atoms with Crippen molar-refractivity contribution in [3.8, 4) is 0 Å². The highest BCUT2D eigenvalue weighted by molar-refractivity contribution is 7.90. The average Bonchev–Trinajstić information content (AvgIpc) is 1.69. The van der Waals surface area contributed by atoms with Crippen LogP contribution in [0.1, 0.15) is 200 Å². The molecular weight excluding hydrogens is 1350 g/mol. The number of hydrogen-bond acceptors (Lipinski definition) is 14. The Kier molecular flexibility index (Phi) is 35.1. The van der Waals surface area contributed by atoms with E-state index in [-0.39, 0.29) is 18.4 Å². The van der Waals surface area contributed by atoms with Gasteiger partial charge in [0.1, 0.15) is 6.04 Å². The second-order valence-corrected chi connectivity index (χ2v) is 36.7. The highest BCUT2D eigenvalue weighted by Gasteiger charge is 2.39. The number of nitrogens with zero attached hydrogens (tertiary/aromatic N) is 5. The fourth-order valence-corrected chi connectivity index (χ4v) is 18.1. The van der Waals surface area contributed by atoms with E-state index in [1.54, 1.807) is 83.1 Å². The smallest absolute Gasteiger partial charge is 0.243 e. The van der Waals surface area contributed by atoms with Crippen LogP contribution in [-0.4, -0.2) is 175 Å². The molecule has 99 heavy (non-hydrogen) atoms. The van der Waals surface area contributed by atoms with Crippen LogP contribution in [-0.2, 0) is 59.6 Å². The highest BCUT2D eigenvalue weighted by Crippen LogP contribution is 2.33. The van der Waals surface area contributed by atoms with Crippen molar-refractivity contribution in [2.45, 2.75) is 209 Å². The van der Waals surface area contributed by atoms with Gasteiger partial charge in [-0.3, -0.25) is 9.69 Å². The zero-order chi connectivity index (χ0) is 72.8. The molecule has 4 aliphatic rings. The third-order valence-electron chi connectivity index (χ3n) is 17.5. The van der Waals surface area contributed by atoms with E-state index < -0.39 is 62.1 Å². The predicted molar refractivity (Wildman–Crippen MR) is 401 cm³/mol. The molecule has 4 N–H and O–H groups in total. The highest BCUT2D eigenvalue weighted by atomic mass is 32.2. The minimum absolute atomic E-state index is 0. The van der Waals surface area contributed by atoms with Crippen molar-refractivity contribution < 1.29 is 51.6 Å². The molecule has 5 aromatic carbocycles. The van der Waals surface area contributed by atoms with Crippen LogP contribution in [0.5, 0.6) is 0 Å². The molecule has 3 aliphatic heterocycles. The fraction of sp³-hybridized carbons (Fsp3) is 0.581. The number of nitrogens with two attached hydrogens (primary N) is 1. The summed E-state index contributed by atoms with van der Waals surface area (Å²) in [5, 5.41) is 0. The van der Waals surface area contributed by atoms with E-state index in [4.69, 9.17) is 10.5 Å². The van der Waals surface area contributed by atoms with Crippen LogP contribution in [0.25, 0.3) is 0 Å². The molecule has 0 radical (unpaired) electrons. The van der Waals surface area contributed by atoms with E-state index in [0.717, 1.165) is 75.5 Å². The zero-order valence-corrected chi connectivity index (χ0v) is 64.6. The van der Waals surface area contributed by atoms with E-state index in [1.807, 2.05) is 81.4 Å². The first kappa shape index (κ1) is 86.4. The summed E-state index contributed by atoms with van der Waals surface area (Å²) in [6.07, 6.45) is 5.47. The standard InChI is InChI=1S/C16H26N2O2S.C16H25NO2S.C15H24N2O3S.C14H20N2O3S.C12H19NO2S.CH4/c1-4-9-17-10-12-18(13-11-17)21(19,20)16-7-5-15(6-8-16)14(2)3;1-4-11-17(12-14-5-6-14)20(18,19)16-9-7-15(8-10-16)13(2)3;1-13(2)14-3-5-15(6-4-14)21(18,19)16-7-8-17-9-11-20-12-10-17;1-10(2)11-5-7-12(8-6-11)20(18,19)16-9-3-4-13(16)14(15)17;1-9(2)11-5-7-12(8-6-11)16(14,15)13-10(3)4;/h5-8,14H,4,9-13H2,1-3H3;7-10,13-14H,4-6,11-12H2,1-3H3;3-6,13,16H,7-12H2,1-2H3;5-8,10,13H,3-4,9H2,1-2H3,(H2,15,17);5-10,13H,1-4H3;1H4. The van der Waals surface area contributed by atoms with Crippen LogP contribution in [0.4, 0.5) is 0 Å². The Morgan fingerprint density at radius 2 is 0.869 bits per heavy atom. The summed E-state index contributed by atoms with van der Waals surface area (Å²) in [5.41, 5.74) is 11.0. The Hall–Kier alpha value is -5.00. The maximum absolute atomic E-state index is 12.7. The molecule has 4 fully saturated rings. The van der Waals surface area contributed by atoms with Crippen molar-refractivity contribution in [1.82, 2.24) is 32.2 Å². The molecular formula is C74H118N8O12S5. The van der Waals surface area contributed by atoms with Gasteiger partial charge in [-0.2, -0.15) is 12.9 Å². The number of nitrogens with one attached hydrogen (secondary N) is 2. The lowest BCUT2D eigenvalue weighted by Gasteiger charge is -2.33. The van der Waals surface area contributed by atoms with Crippen molar-refractivity contribution in [3.63, 3.8) is 0 Å². The molecule has 0 spiro atoms. The summed E-state index contributed by atoms with van der Waals surface area (Å²) >= 11 is 0. The van der Waals surface area contributed by atoms with E-state index in [2.05, 4.69) is 81.6 Å². The molecule has 556 valence electrons. The molecule has 1 atom stereocenters. The van der Waals surface area contributed by atoms with Crippen LogP contribution >= 0.6 is 0 Å².